The highest BCUT2D eigenvalue weighted by atomic mass is 16.5. The van der Waals surface area contributed by atoms with Crippen LogP contribution in [0.4, 0.5) is 0 Å². The van der Waals surface area contributed by atoms with Crippen LogP contribution in [0.5, 0.6) is 5.75 Å². The summed E-state index contributed by atoms with van der Waals surface area (Å²) >= 11 is 0. The number of hydrogen-bond donors (Lipinski definition) is 3. The summed E-state index contributed by atoms with van der Waals surface area (Å²) in [5.41, 5.74) is 0.00107. The maximum atomic E-state index is 12.9. The number of methoxy groups -OCH3 is 1. The molecule has 3 rings (SSSR count). The zero-order chi connectivity index (χ0) is 17.7. The molecule has 25 heavy (non-hydrogen) atoms. The van der Waals surface area contributed by atoms with Gasteiger partial charge in [-0.2, -0.15) is 5.10 Å². The van der Waals surface area contributed by atoms with Crippen LogP contribution in [-0.2, 0) is 10.3 Å². The second-order valence-corrected chi connectivity index (χ2v) is 6.23. The van der Waals surface area contributed by atoms with E-state index in [9.17, 15) is 9.90 Å². The van der Waals surface area contributed by atoms with E-state index in [0.717, 1.165) is 13.1 Å². The Morgan fingerprint density at radius 1 is 1.44 bits per heavy atom. The van der Waals surface area contributed by atoms with Crippen molar-refractivity contribution in [2.24, 2.45) is 0 Å². The first-order valence-corrected chi connectivity index (χ1v) is 8.47. The fourth-order valence-corrected chi connectivity index (χ4v) is 3.24. The summed E-state index contributed by atoms with van der Waals surface area (Å²) in [6, 6.07) is 9.04. The van der Waals surface area contributed by atoms with Gasteiger partial charge < -0.3 is 20.5 Å². The summed E-state index contributed by atoms with van der Waals surface area (Å²) in [5, 5.41) is 20.9. The van der Waals surface area contributed by atoms with Gasteiger partial charge in [0.25, 0.3) is 0 Å². The second-order valence-electron chi connectivity index (χ2n) is 6.23. The van der Waals surface area contributed by atoms with Gasteiger partial charge in [-0.25, -0.2) is 0 Å². The molecule has 1 fully saturated rings. The lowest BCUT2D eigenvalue weighted by molar-refractivity contribution is -0.132. The average molecular weight is 344 g/mol. The minimum atomic E-state index is -0.796. The molecule has 1 aliphatic rings. The Kier molecular flexibility index (Phi) is 5.35. The molecule has 2 aromatic rings. The van der Waals surface area contributed by atoms with Crippen LogP contribution in [-0.4, -0.2) is 47.5 Å². The molecule has 0 saturated carbocycles. The molecule has 1 amide bonds. The van der Waals surface area contributed by atoms with Gasteiger partial charge in [0.1, 0.15) is 11.3 Å². The maximum absolute atomic E-state index is 12.9. The molecule has 7 heteroatoms. The van der Waals surface area contributed by atoms with Gasteiger partial charge in [-0.1, -0.05) is 12.1 Å². The van der Waals surface area contributed by atoms with Gasteiger partial charge in [-0.15, -0.1) is 0 Å². The number of rotatable bonds is 6. The molecule has 0 aliphatic carbocycles. The summed E-state index contributed by atoms with van der Waals surface area (Å²) in [6.07, 6.45) is 4.03. The molecule has 1 aliphatic heterocycles. The molecule has 1 aromatic carbocycles. The number of aliphatic hydroxyl groups excluding tert-OH is 1. The number of carbonyl (C=O) groups is 1. The van der Waals surface area contributed by atoms with Crippen LogP contribution in [0, 0.1) is 0 Å². The van der Waals surface area contributed by atoms with Crippen molar-refractivity contribution in [3.63, 3.8) is 0 Å². The summed E-state index contributed by atoms with van der Waals surface area (Å²) in [4.78, 5) is 12.9. The lowest BCUT2D eigenvalue weighted by atomic mass is 9.87. The van der Waals surface area contributed by atoms with Gasteiger partial charge >= 0.3 is 0 Å². The molecule has 7 nitrogen and oxygen atoms in total. The molecule has 0 bridgehead atoms. The SMILES string of the molecule is COc1cccc(C(O)CNC(=O)C2(n3cccn3)CCNCC2)c1. The third kappa shape index (κ3) is 3.67. The van der Waals surface area contributed by atoms with Crippen molar-refractivity contribution in [2.75, 3.05) is 26.7 Å². The van der Waals surface area contributed by atoms with Gasteiger partial charge in [0.15, 0.2) is 0 Å². The quantitative estimate of drug-likeness (QED) is 0.722. The fourth-order valence-electron chi connectivity index (χ4n) is 3.24. The second kappa shape index (κ2) is 7.67. The molecule has 1 unspecified atom stereocenters. The molecule has 1 aromatic heterocycles. The minimum absolute atomic E-state index is 0.111. The zero-order valence-electron chi connectivity index (χ0n) is 14.3. The van der Waals surface area contributed by atoms with Crippen LogP contribution in [0.3, 0.4) is 0 Å². The zero-order valence-corrected chi connectivity index (χ0v) is 14.3. The van der Waals surface area contributed by atoms with Crippen molar-refractivity contribution >= 4 is 5.91 Å². The van der Waals surface area contributed by atoms with Crippen LogP contribution in [0.15, 0.2) is 42.7 Å². The Morgan fingerprint density at radius 3 is 2.92 bits per heavy atom. The van der Waals surface area contributed by atoms with E-state index in [1.807, 2.05) is 30.5 Å². The Morgan fingerprint density at radius 2 is 2.24 bits per heavy atom. The molecule has 3 N–H and O–H groups in total. The topological polar surface area (TPSA) is 88.4 Å². The number of benzene rings is 1. The smallest absolute Gasteiger partial charge is 0.248 e. The van der Waals surface area contributed by atoms with E-state index in [-0.39, 0.29) is 12.5 Å². The maximum Gasteiger partial charge on any atom is 0.248 e. The van der Waals surface area contributed by atoms with Crippen LogP contribution in [0.1, 0.15) is 24.5 Å². The minimum Gasteiger partial charge on any atom is -0.497 e. The van der Waals surface area contributed by atoms with E-state index in [1.54, 1.807) is 24.1 Å². The van der Waals surface area contributed by atoms with Crippen molar-refractivity contribution < 1.29 is 14.6 Å². The highest BCUT2D eigenvalue weighted by molar-refractivity contribution is 5.84. The van der Waals surface area contributed by atoms with Crippen molar-refractivity contribution in [1.29, 1.82) is 0 Å². The van der Waals surface area contributed by atoms with E-state index in [1.165, 1.54) is 0 Å². The standard InChI is InChI=1S/C18H24N4O3/c1-25-15-5-2-4-14(12-15)16(23)13-20-17(24)18(6-9-19-10-7-18)22-11-3-8-21-22/h2-5,8,11-12,16,19,23H,6-7,9-10,13H2,1H3,(H,20,24). The third-order valence-corrected chi connectivity index (χ3v) is 4.73. The summed E-state index contributed by atoms with van der Waals surface area (Å²) in [5.74, 6) is 0.564. The largest absolute Gasteiger partial charge is 0.497 e. The first kappa shape index (κ1) is 17.4. The van der Waals surface area contributed by atoms with Crippen LogP contribution in [0.25, 0.3) is 0 Å². The number of nitrogens with one attached hydrogen (secondary N) is 2. The summed E-state index contributed by atoms with van der Waals surface area (Å²) in [6.45, 7) is 1.65. The van der Waals surface area contributed by atoms with Gasteiger partial charge in [0.2, 0.25) is 5.91 Å². The molecule has 1 saturated heterocycles. The number of nitrogens with zero attached hydrogens (tertiary/aromatic N) is 2. The van der Waals surface area contributed by atoms with Crippen LogP contribution < -0.4 is 15.4 Å². The predicted octanol–water partition coefficient (Wildman–Crippen LogP) is 0.820. The van der Waals surface area contributed by atoms with Gasteiger partial charge in [-0.3, -0.25) is 9.48 Å². The molecule has 1 atom stereocenters. The van der Waals surface area contributed by atoms with E-state index < -0.39 is 11.6 Å². The molecule has 134 valence electrons. The molecule has 0 spiro atoms. The number of aliphatic hydroxyl groups is 1. The van der Waals surface area contributed by atoms with E-state index in [4.69, 9.17) is 4.74 Å². The van der Waals surface area contributed by atoms with E-state index >= 15 is 0 Å². The number of hydrogen-bond acceptors (Lipinski definition) is 5. The highest BCUT2D eigenvalue weighted by Gasteiger charge is 2.41. The fraction of sp³-hybridized carbons (Fsp3) is 0.444. The number of aromatic nitrogens is 2. The number of amides is 1. The van der Waals surface area contributed by atoms with Crippen LogP contribution in [0.2, 0.25) is 0 Å². The Labute approximate surface area is 147 Å². The van der Waals surface area contributed by atoms with Gasteiger partial charge in [-0.05, 0) is 49.7 Å². The molecular formula is C18H24N4O3. The summed E-state index contributed by atoms with van der Waals surface area (Å²) in [7, 11) is 1.58. The number of ether oxygens (including phenoxy) is 1. The van der Waals surface area contributed by atoms with Crippen LogP contribution >= 0.6 is 0 Å². The van der Waals surface area contributed by atoms with Gasteiger partial charge in [0, 0.05) is 18.9 Å². The molecule has 0 radical (unpaired) electrons. The average Bonchev–Trinajstić information content (AvgIpc) is 3.21. The number of carbonyl (C=O) groups excluding carboxylic acids is 1. The van der Waals surface area contributed by atoms with Crippen molar-refractivity contribution in [3.8, 4) is 5.75 Å². The molecule has 2 heterocycles. The first-order valence-electron chi connectivity index (χ1n) is 8.47. The highest BCUT2D eigenvalue weighted by Crippen LogP contribution is 2.27. The van der Waals surface area contributed by atoms with Crippen molar-refractivity contribution in [1.82, 2.24) is 20.4 Å². The lowest BCUT2D eigenvalue weighted by Crippen LogP contribution is -2.55. The normalized spacial score (nSPS) is 17.7. The van der Waals surface area contributed by atoms with Gasteiger partial charge in [0.05, 0.1) is 13.2 Å². The predicted molar refractivity (Wildman–Crippen MR) is 93.3 cm³/mol. The monoisotopic (exact) mass is 344 g/mol. The lowest BCUT2D eigenvalue weighted by Gasteiger charge is -2.36. The Bertz CT molecular complexity index is 696. The van der Waals surface area contributed by atoms with E-state index in [0.29, 0.717) is 24.2 Å². The Balaban J connectivity index is 1.69. The molecular weight excluding hydrogens is 320 g/mol. The van der Waals surface area contributed by atoms with Crippen molar-refractivity contribution in [2.45, 2.75) is 24.5 Å². The third-order valence-electron chi connectivity index (χ3n) is 4.73. The van der Waals surface area contributed by atoms with E-state index in [2.05, 4.69) is 15.7 Å². The number of piperidine rings is 1. The van der Waals surface area contributed by atoms with Crippen molar-refractivity contribution in [3.05, 3.63) is 48.3 Å². The first-order chi connectivity index (χ1) is 12.2. The Hall–Kier alpha value is -2.38. The summed E-state index contributed by atoms with van der Waals surface area (Å²) < 4.78 is 6.91.